The van der Waals surface area contributed by atoms with E-state index < -0.39 is 0 Å². The second-order valence-electron chi connectivity index (χ2n) is 4.05. The van der Waals surface area contributed by atoms with Crippen molar-refractivity contribution in [2.24, 2.45) is 7.05 Å². The zero-order chi connectivity index (χ0) is 10.8. The molecule has 84 valence electrons. The van der Waals surface area contributed by atoms with Crippen LogP contribution in [0.15, 0.2) is 6.07 Å². The van der Waals surface area contributed by atoms with E-state index in [1.54, 1.807) is 0 Å². The lowest BCUT2D eigenvalue weighted by molar-refractivity contribution is 0.587. The van der Waals surface area contributed by atoms with E-state index in [0.29, 0.717) is 0 Å². The van der Waals surface area contributed by atoms with Crippen molar-refractivity contribution in [1.29, 1.82) is 0 Å². The van der Waals surface area contributed by atoms with Gasteiger partial charge in [-0.25, -0.2) is 0 Å². The number of nitrogens with zero attached hydrogens (tertiary/aromatic N) is 2. The van der Waals surface area contributed by atoms with Gasteiger partial charge in [0.15, 0.2) is 0 Å². The van der Waals surface area contributed by atoms with E-state index in [9.17, 15) is 0 Å². The molecule has 15 heavy (non-hydrogen) atoms. The van der Waals surface area contributed by atoms with Gasteiger partial charge < -0.3 is 20.5 Å². The summed E-state index contributed by atoms with van der Waals surface area (Å²) in [6, 6.07) is 2.10. The van der Waals surface area contributed by atoms with Crippen molar-refractivity contribution >= 4 is 11.5 Å². The number of anilines is 2. The van der Waals surface area contributed by atoms with Crippen LogP contribution in [0.25, 0.3) is 0 Å². The van der Waals surface area contributed by atoms with Crippen molar-refractivity contribution in [2.45, 2.75) is 13.3 Å². The summed E-state index contributed by atoms with van der Waals surface area (Å²) >= 11 is 0. The van der Waals surface area contributed by atoms with Gasteiger partial charge in [-0.3, -0.25) is 0 Å². The standard InChI is InChI=1S/C11H20N4/c1-3-9-10(8-11(12)14(9)2)15-6-4-13-5-7-15/h8,13H,3-7,12H2,1-2H3. The van der Waals surface area contributed by atoms with Crippen molar-refractivity contribution in [3.05, 3.63) is 11.8 Å². The summed E-state index contributed by atoms with van der Waals surface area (Å²) in [7, 11) is 2.04. The fourth-order valence-corrected chi connectivity index (χ4v) is 2.25. The van der Waals surface area contributed by atoms with Crippen LogP contribution in [0.4, 0.5) is 11.5 Å². The van der Waals surface area contributed by atoms with Crippen molar-refractivity contribution in [3.8, 4) is 0 Å². The summed E-state index contributed by atoms with van der Waals surface area (Å²) in [6.45, 7) is 6.48. The van der Waals surface area contributed by atoms with Crippen LogP contribution in [0.2, 0.25) is 0 Å². The van der Waals surface area contributed by atoms with E-state index in [0.717, 1.165) is 38.4 Å². The number of nitrogen functional groups attached to an aromatic ring is 1. The van der Waals surface area contributed by atoms with Crippen LogP contribution in [-0.2, 0) is 13.5 Å². The van der Waals surface area contributed by atoms with Crippen molar-refractivity contribution in [2.75, 3.05) is 36.8 Å². The number of rotatable bonds is 2. The lowest BCUT2D eigenvalue weighted by Crippen LogP contribution is -2.43. The van der Waals surface area contributed by atoms with Gasteiger partial charge in [0.2, 0.25) is 0 Å². The molecule has 0 amide bonds. The zero-order valence-electron chi connectivity index (χ0n) is 9.58. The Labute approximate surface area is 91.0 Å². The molecule has 0 aliphatic carbocycles. The molecule has 0 aromatic carbocycles. The molecule has 0 atom stereocenters. The summed E-state index contributed by atoms with van der Waals surface area (Å²) in [4.78, 5) is 2.42. The molecule has 4 nitrogen and oxygen atoms in total. The lowest BCUT2D eigenvalue weighted by atomic mass is 10.2. The second kappa shape index (κ2) is 4.14. The van der Waals surface area contributed by atoms with Crippen LogP contribution in [0.1, 0.15) is 12.6 Å². The highest BCUT2D eigenvalue weighted by Gasteiger charge is 2.17. The molecule has 1 aromatic heterocycles. The van der Waals surface area contributed by atoms with Gasteiger partial charge in [0.1, 0.15) is 5.82 Å². The van der Waals surface area contributed by atoms with Gasteiger partial charge in [-0.05, 0) is 6.42 Å². The highest BCUT2D eigenvalue weighted by atomic mass is 15.2. The Morgan fingerprint density at radius 1 is 1.40 bits per heavy atom. The molecule has 0 unspecified atom stereocenters. The quantitative estimate of drug-likeness (QED) is 0.747. The number of aromatic nitrogens is 1. The summed E-state index contributed by atoms with van der Waals surface area (Å²) in [5.74, 6) is 0.861. The summed E-state index contributed by atoms with van der Waals surface area (Å²) in [6.07, 6.45) is 1.03. The Morgan fingerprint density at radius 3 is 2.67 bits per heavy atom. The minimum absolute atomic E-state index is 0.861. The highest BCUT2D eigenvalue weighted by Crippen LogP contribution is 2.26. The molecule has 0 spiro atoms. The maximum absolute atomic E-state index is 5.94. The number of nitrogens with one attached hydrogen (secondary N) is 1. The Kier molecular flexibility index (Phi) is 2.86. The van der Waals surface area contributed by atoms with E-state index in [-0.39, 0.29) is 0 Å². The number of hydrogen-bond acceptors (Lipinski definition) is 3. The van der Waals surface area contributed by atoms with Gasteiger partial charge in [-0.15, -0.1) is 0 Å². The summed E-state index contributed by atoms with van der Waals surface area (Å²) < 4.78 is 2.09. The highest BCUT2D eigenvalue weighted by molar-refractivity contribution is 5.60. The van der Waals surface area contributed by atoms with Crippen molar-refractivity contribution in [3.63, 3.8) is 0 Å². The molecular weight excluding hydrogens is 188 g/mol. The normalized spacial score (nSPS) is 17.1. The molecule has 4 heteroatoms. The summed E-state index contributed by atoms with van der Waals surface area (Å²) in [5.41, 5.74) is 8.60. The first-order valence-electron chi connectivity index (χ1n) is 5.63. The van der Waals surface area contributed by atoms with Gasteiger partial charge in [0.25, 0.3) is 0 Å². The molecule has 1 aromatic rings. The van der Waals surface area contributed by atoms with E-state index >= 15 is 0 Å². The molecule has 1 aliphatic rings. The van der Waals surface area contributed by atoms with Crippen LogP contribution in [-0.4, -0.2) is 30.7 Å². The molecular formula is C11H20N4. The van der Waals surface area contributed by atoms with Gasteiger partial charge in [0, 0.05) is 45.0 Å². The predicted molar refractivity (Wildman–Crippen MR) is 64.3 cm³/mol. The van der Waals surface area contributed by atoms with Crippen molar-refractivity contribution < 1.29 is 0 Å². The molecule has 1 saturated heterocycles. The lowest BCUT2D eigenvalue weighted by Gasteiger charge is -2.29. The van der Waals surface area contributed by atoms with Crippen LogP contribution in [0.3, 0.4) is 0 Å². The molecule has 0 radical (unpaired) electrons. The molecule has 1 aliphatic heterocycles. The third-order valence-electron chi connectivity index (χ3n) is 3.17. The van der Waals surface area contributed by atoms with E-state index in [2.05, 4.69) is 27.8 Å². The molecule has 3 N–H and O–H groups in total. The minimum Gasteiger partial charge on any atom is -0.385 e. The Balaban J connectivity index is 2.29. The average molecular weight is 208 g/mol. The van der Waals surface area contributed by atoms with Crippen LogP contribution in [0.5, 0.6) is 0 Å². The average Bonchev–Trinajstić information content (AvgIpc) is 2.56. The number of nitrogens with two attached hydrogens (primary N) is 1. The molecule has 0 bridgehead atoms. The van der Waals surface area contributed by atoms with E-state index in [1.807, 2.05) is 7.05 Å². The SMILES string of the molecule is CCc1c(N2CCNCC2)cc(N)n1C. The van der Waals surface area contributed by atoms with Gasteiger partial charge >= 0.3 is 0 Å². The van der Waals surface area contributed by atoms with Gasteiger partial charge in [-0.1, -0.05) is 6.92 Å². The topological polar surface area (TPSA) is 46.2 Å². The summed E-state index contributed by atoms with van der Waals surface area (Å²) in [5, 5.41) is 3.36. The molecule has 2 rings (SSSR count). The Bertz CT molecular complexity index is 337. The first kappa shape index (κ1) is 10.4. The van der Waals surface area contributed by atoms with Crippen molar-refractivity contribution in [1.82, 2.24) is 9.88 Å². The second-order valence-corrected chi connectivity index (χ2v) is 4.05. The fourth-order valence-electron chi connectivity index (χ4n) is 2.25. The first-order chi connectivity index (χ1) is 7.24. The fraction of sp³-hybridized carbons (Fsp3) is 0.636. The predicted octanol–water partition coefficient (Wildman–Crippen LogP) is 0.579. The minimum atomic E-state index is 0.861. The monoisotopic (exact) mass is 208 g/mol. The smallest absolute Gasteiger partial charge is 0.105 e. The van der Waals surface area contributed by atoms with Gasteiger partial charge in [-0.2, -0.15) is 0 Å². The third kappa shape index (κ3) is 1.81. The van der Waals surface area contributed by atoms with E-state index in [1.165, 1.54) is 11.4 Å². The van der Waals surface area contributed by atoms with Crippen LogP contribution in [0, 0.1) is 0 Å². The zero-order valence-corrected chi connectivity index (χ0v) is 9.58. The molecule has 1 fully saturated rings. The largest absolute Gasteiger partial charge is 0.385 e. The van der Waals surface area contributed by atoms with E-state index in [4.69, 9.17) is 5.73 Å². The third-order valence-corrected chi connectivity index (χ3v) is 3.17. The Morgan fingerprint density at radius 2 is 2.07 bits per heavy atom. The maximum atomic E-state index is 5.94. The molecule has 0 saturated carbocycles. The number of piperazine rings is 1. The Hall–Kier alpha value is -1.16. The maximum Gasteiger partial charge on any atom is 0.105 e. The first-order valence-corrected chi connectivity index (χ1v) is 5.63. The van der Waals surface area contributed by atoms with Crippen LogP contribution < -0.4 is 16.0 Å². The van der Waals surface area contributed by atoms with Crippen LogP contribution >= 0.6 is 0 Å². The molecule has 2 heterocycles. The van der Waals surface area contributed by atoms with Gasteiger partial charge in [0.05, 0.1) is 5.69 Å². The number of hydrogen-bond donors (Lipinski definition) is 2.